The zero-order chi connectivity index (χ0) is 17.5. The van der Waals surface area contributed by atoms with Gasteiger partial charge in [0, 0.05) is 10.7 Å². The SMILES string of the molecule is CC[C@H](C)c1ccc(NC(=O)COC(=O)c2ccc(Cl)cc2)cc1. The molecule has 0 radical (unpaired) electrons. The van der Waals surface area contributed by atoms with Crippen LogP contribution in [0.15, 0.2) is 48.5 Å². The van der Waals surface area contributed by atoms with Gasteiger partial charge < -0.3 is 10.1 Å². The summed E-state index contributed by atoms with van der Waals surface area (Å²) >= 11 is 5.76. The highest BCUT2D eigenvalue weighted by molar-refractivity contribution is 6.30. The summed E-state index contributed by atoms with van der Waals surface area (Å²) in [5.41, 5.74) is 2.25. The number of ether oxygens (including phenoxy) is 1. The maximum atomic E-state index is 11.9. The Balaban J connectivity index is 1.84. The van der Waals surface area contributed by atoms with E-state index in [9.17, 15) is 9.59 Å². The van der Waals surface area contributed by atoms with Gasteiger partial charge in [-0.15, -0.1) is 0 Å². The second kappa shape index (κ2) is 8.50. The molecule has 0 spiro atoms. The Labute approximate surface area is 146 Å². The van der Waals surface area contributed by atoms with Crippen molar-refractivity contribution >= 4 is 29.2 Å². The third-order valence-corrected chi connectivity index (χ3v) is 4.04. The van der Waals surface area contributed by atoms with Crippen LogP contribution in [-0.4, -0.2) is 18.5 Å². The smallest absolute Gasteiger partial charge is 0.338 e. The van der Waals surface area contributed by atoms with Crippen LogP contribution in [0, 0.1) is 0 Å². The fourth-order valence-electron chi connectivity index (χ4n) is 2.13. The van der Waals surface area contributed by atoms with Crippen LogP contribution in [0.1, 0.15) is 42.1 Å². The monoisotopic (exact) mass is 345 g/mol. The number of esters is 1. The van der Waals surface area contributed by atoms with Crippen molar-refractivity contribution in [2.24, 2.45) is 0 Å². The van der Waals surface area contributed by atoms with Gasteiger partial charge in [-0.1, -0.05) is 37.6 Å². The molecule has 0 aliphatic rings. The van der Waals surface area contributed by atoms with Gasteiger partial charge in [-0.3, -0.25) is 4.79 Å². The fourth-order valence-corrected chi connectivity index (χ4v) is 2.25. The molecular formula is C19H20ClNO3. The van der Waals surface area contributed by atoms with Crippen LogP contribution in [0.2, 0.25) is 5.02 Å². The van der Waals surface area contributed by atoms with Gasteiger partial charge in [0.1, 0.15) is 0 Å². The standard InChI is InChI=1S/C19H20ClNO3/c1-3-13(2)14-6-10-17(11-7-14)21-18(22)12-24-19(23)15-4-8-16(20)9-5-15/h4-11,13H,3,12H2,1-2H3,(H,21,22)/t13-/m0/s1. The van der Waals surface area contributed by atoms with Crippen LogP contribution in [0.4, 0.5) is 5.69 Å². The van der Waals surface area contributed by atoms with Crippen LogP contribution in [0.5, 0.6) is 0 Å². The van der Waals surface area contributed by atoms with E-state index in [1.165, 1.54) is 5.56 Å². The van der Waals surface area contributed by atoms with Gasteiger partial charge >= 0.3 is 5.97 Å². The van der Waals surface area contributed by atoms with Crippen molar-refractivity contribution in [2.75, 3.05) is 11.9 Å². The number of carbonyl (C=O) groups excluding carboxylic acids is 2. The Morgan fingerprint density at radius 2 is 1.71 bits per heavy atom. The van der Waals surface area contributed by atoms with Crippen molar-refractivity contribution in [1.29, 1.82) is 0 Å². The van der Waals surface area contributed by atoms with E-state index in [2.05, 4.69) is 19.2 Å². The number of amides is 1. The van der Waals surface area contributed by atoms with Crippen LogP contribution in [0.25, 0.3) is 0 Å². The molecule has 1 N–H and O–H groups in total. The lowest BCUT2D eigenvalue weighted by atomic mass is 9.99. The molecule has 0 bridgehead atoms. The number of hydrogen-bond donors (Lipinski definition) is 1. The molecule has 2 aromatic rings. The van der Waals surface area contributed by atoms with Crippen molar-refractivity contribution in [2.45, 2.75) is 26.2 Å². The predicted molar refractivity (Wildman–Crippen MR) is 95.5 cm³/mol. The maximum Gasteiger partial charge on any atom is 0.338 e. The molecule has 0 saturated carbocycles. The molecular weight excluding hydrogens is 326 g/mol. The number of rotatable bonds is 6. The molecule has 0 saturated heterocycles. The molecule has 2 aromatic carbocycles. The molecule has 126 valence electrons. The molecule has 0 aliphatic carbocycles. The first-order valence-corrected chi connectivity index (χ1v) is 8.20. The van der Waals surface area contributed by atoms with Crippen molar-refractivity contribution in [3.8, 4) is 0 Å². The number of nitrogens with one attached hydrogen (secondary N) is 1. The molecule has 1 amide bonds. The largest absolute Gasteiger partial charge is 0.452 e. The van der Waals surface area contributed by atoms with E-state index in [1.807, 2.05) is 24.3 Å². The first-order chi connectivity index (χ1) is 11.5. The minimum absolute atomic E-state index is 0.339. The van der Waals surface area contributed by atoms with Gasteiger partial charge in [0.2, 0.25) is 0 Å². The van der Waals surface area contributed by atoms with Crippen LogP contribution < -0.4 is 5.32 Å². The van der Waals surface area contributed by atoms with Crippen LogP contribution in [0.3, 0.4) is 0 Å². The molecule has 0 aromatic heterocycles. The first-order valence-electron chi connectivity index (χ1n) is 7.82. The lowest BCUT2D eigenvalue weighted by Gasteiger charge is -2.10. The number of hydrogen-bond acceptors (Lipinski definition) is 3. The molecule has 0 aliphatic heterocycles. The van der Waals surface area contributed by atoms with Gasteiger partial charge in [-0.05, 0) is 54.3 Å². The maximum absolute atomic E-state index is 11.9. The van der Waals surface area contributed by atoms with Gasteiger partial charge in [-0.25, -0.2) is 4.79 Å². The van der Waals surface area contributed by atoms with Crippen LogP contribution >= 0.6 is 11.6 Å². The van der Waals surface area contributed by atoms with E-state index in [0.717, 1.165) is 6.42 Å². The Hall–Kier alpha value is -2.33. The second-order valence-electron chi connectivity index (χ2n) is 5.56. The highest BCUT2D eigenvalue weighted by Crippen LogP contribution is 2.20. The van der Waals surface area contributed by atoms with Gasteiger partial charge in [0.15, 0.2) is 6.61 Å². The summed E-state index contributed by atoms with van der Waals surface area (Å²) in [7, 11) is 0. The molecule has 0 unspecified atom stereocenters. The zero-order valence-corrected chi connectivity index (χ0v) is 14.5. The van der Waals surface area contributed by atoms with Gasteiger partial charge in [-0.2, -0.15) is 0 Å². The van der Waals surface area contributed by atoms with E-state index < -0.39 is 5.97 Å². The van der Waals surface area contributed by atoms with Gasteiger partial charge in [0.05, 0.1) is 5.56 Å². The summed E-state index contributed by atoms with van der Waals surface area (Å²) < 4.78 is 4.99. The van der Waals surface area contributed by atoms with E-state index >= 15 is 0 Å². The third kappa shape index (κ3) is 5.10. The van der Waals surface area contributed by atoms with Crippen molar-refractivity contribution in [3.05, 3.63) is 64.7 Å². The average molecular weight is 346 g/mol. The molecule has 0 fully saturated rings. The normalized spacial score (nSPS) is 11.6. The van der Waals surface area contributed by atoms with Crippen molar-refractivity contribution < 1.29 is 14.3 Å². The Morgan fingerprint density at radius 1 is 1.08 bits per heavy atom. The minimum atomic E-state index is -0.561. The predicted octanol–water partition coefficient (Wildman–Crippen LogP) is 4.65. The molecule has 24 heavy (non-hydrogen) atoms. The number of carbonyl (C=O) groups is 2. The highest BCUT2D eigenvalue weighted by Gasteiger charge is 2.10. The Kier molecular flexibility index (Phi) is 6.38. The lowest BCUT2D eigenvalue weighted by molar-refractivity contribution is -0.119. The van der Waals surface area contributed by atoms with E-state index in [4.69, 9.17) is 16.3 Å². The summed E-state index contributed by atoms with van der Waals surface area (Å²) in [5, 5.41) is 3.24. The molecule has 4 nitrogen and oxygen atoms in total. The zero-order valence-electron chi connectivity index (χ0n) is 13.7. The number of halogens is 1. The van der Waals surface area contributed by atoms with Gasteiger partial charge in [0.25, 0.3) is 5.91 Å². The van der Waals surface area contributed by atoms with Crippen LogP contribution in [-0.2, 0) is 9.53 Å². The molecule has 1 atom stereocenters. The first kappa shape index (κ1) is 18.0. The summed E-state index contributed by atoms with van der Waals surface area (Å²) in [6.07, 6.45) is 1.06. The molecule has 0 heterocycles. The van der Waals surface area contributed by atoms with E-state index in [0.29, 0.717) is 22.2 Å². The second-order valence-corrected chi connectivity index (χ2v) is 6.00. The minimum Gasteiger partial charge on any atom is -0.452 e. The molecule has 2 rings (SSSR count). The lowest BCUT2D eigenvalue weighted by Crippen LogP contribution is -2.20. The Morgan fingerprint density at radius 3 is 2.29 bits per heavy atom. The summed E-state index contributed by atoms with van der Waals surface area (Å²) in [5.74, 6) is -0.461. The third-order valence-electron chi connectivity index (χ3n) is 3.79. The fraction of sp³-hybridized carbons (Fsp3) is 0.263. The van der Waals surface area contributed by atoms with Crippen molar-refractivity contribution in [1.82, 2.24) is 0 Å². The van der Waals surface area contributed by atoms with Crippen molar-refractivity contribution in [3.63, 3.8) is 0 Å². The Bertz CT molecular complexity index is 696. The van der Waals surface area contributed by atoms with E-state index in [-0.39, 0.29) is 12.5 Å². The van der Waals surface area contributed by atoms with E-state index in [1.54, 1.807) is 24.3 Å². The number of benzene rings is 2. The summed E-state index contributed by atoms with van der Waals surface area (Å²) in [4.78, 5) is 23.7. The quantitative estimate of drug-likeness (QED) is 0.775. The highest BCUT2D eigenvalue weighted by atomic mass is 35.5. The number of anilines is 1. The summed E-state index contributed by atoms with van der Waals surface area (Å²) in [6, 6.07) is 14.0. The average Bonchev–Trinajstić information content (AvgIpc) is 2.60. The summed E-state index contributed by atoms with van der Waals surface area (Å²) in [6.45, 7) is 3.95. The topological polar surface area (TPSA) is 55.4 Å². The molecule has 5 heteroatoms.